The molecule has 1 aromatic carbocycles. The third kappa shape index (κ3) is 4.47. The third-order valence-corrected chi connectivity index (χ3v) is 7.10. The van der Waals surface area contributed by atoms with Crippen LogP contribution in [0, 0.1) is 0 Å². The van der Waals surface area contributed by atoms with E-state index in [4.69, 9.17) is 4.74 Å². The molecule has 1 aliphatic heterocycles. The Morgan fingerprint density at radius 1 is 1.26 bits per heavy atom. The molecule has 1 saturated heterocycles. The van der Waals surface area contributed by atoms with Crippen molar-refractivity contribution in [1.29, 1.82) is 0 Å². The van der Waals surface area contributed by atoms with E-state index >= 15 is 0 Å². The molecule has 0 spiro atoms. The summed E-state index contributed by atoms with van der Waals surface area (Å²) in [7, 11) is 0. The van der Waals surface area contributed by atoms with Crippen LogP contribution in [0.3, 0.4) is 0 Å². The summed E-state index contributed by atoms with van der Waals surface area (Å²) in [5.74, 6) is 1.36. The lowest BCUT2D eigenvalue weighted by atomic mass is 10.1. The Hall–Kier alpha value is -3.11. The number of anilines is 1. The predicted octanol–water partition coefficient (Wildman–Crippen LogP) is 4.50. The molecule has 1 amide bonds. The number of hydrogen-bond acceptors (Lipinski definition) is 6. The molecule has 10 heteroatoms. The van der Waals surface area contributed by atoms with Gasteiger partial charge >= 0.3 is 0 Å². The average Bonchev–Trinajstić information content (AvgIpc) is 3.62. The van der Waals surface area contributed by atoms with Gasteiger partial charge in [0.2, 0.25) is 5.91 Å². The normalized spacial score (nSPS) is 17.0. The largest absolute Gasteiger partial charge is 0.376 e. The molecular formula is C24H29N7O2S. The minimum atomic E-state index is -0.376. The van der Waals surface area contributed by atoms with Crippen LogP contribution in [0.5, 0.6) is 0 Å². The summed E-state index contributed by atoms with van der Waals surface area (Å²) >= 11 is 1.40. The maximum Gasteiger partial charge on any atom is 0.238 e. The highest BCUT2D eigenvalue weighted by Crippen LogP contribution is 2.32. The first-order valence-corrected chi connectivity index (χ1v) is 12.5. The highest BCUT2D eigenvalue weighted by molar-refractivity contribution is 8.00. The molecule has 0 radical (unpaired) electrons. The number of thioether (sulfide) groups is 1. The Kier molecular flexibility index (Phi) is 6.42. The van der Waals surface area contributed by atoms with E-state index in [1.165, 1.54) is 11.8 Å². The lowest BCUT2D eigenvalue weighted by Crippen LogP contribution is -2.25. The lowest BCUT2D eigenvalue weighted by Gasteiger charge is -2.17. The maximum atomic E-state index is 13.0. The second-order valence-electron chi connectivity index (χ2n) is 8.80. The molecule has 2 atom stereocenters. The van der Waals surface area contributed by atoms with Crippen LogP contribution in [0.2, 0.25) is 0 Å². The molecule has 2 unspecified atom stereocenters. The molecule has 1 aliphatic rings. The van der Waals surface area contributed by atoms with Crippen molar-refractivity contribution in [2.45, 2.75) is 62.7 Å². The summed E-state index contributed by atoms with van der Waals surface area (Å²) < 4.78 is 9.81. The van der Waals surface area contributed by atoms with Gasteiger partial charge in [0.15, 0.2) is 11.0 Å². The van der Waals surface area contributed by atoms with Crippen LogP contribution in [0.1, 0.15) is 39.7 Å². The van der Waals surface area contributed by atoms with Crippen LogP contribution in [0.25, 0.3) is 22.3 Å². The van der Waals surface area contributed by atoms with Gasteiger partial charge in [-0.2, -0.15) is 5.10 Å². The van der Waals surface area contributed by atoms with Crippen LogP contribution in [0.4, 0.5) is 5.82 Å². The Balaban J connectivity index is 1.41. The van der Waals surface area contributed by atoms with Crippen LogP contribution < -0.4 is 5.32 Å². The molecule has 4 aromatic rings. The van der Waals surface area contributed by atoms with Gasteiger partial charge in [0, 0.05) is 41.4 Å². The first kappa shape index (κ1) is 22.7. The molecule has 178 valence electrons. The number of aromatic amines is 1. The van der Waals surface area contributed by atoms with E-state index in [2.05, 4.69) is 36.2 Å². The fourth-order valence-corrected chi connectivity index (χ4v) is 5.11. The average molecular weight is 480 g/mol. The van der Waals surface area contributed by atoms with Gasteiger partial charge in [-0.1, -0.05) is 30.0 Å². The topological polar surface area (TPSA) is 103 Å². The molecule has 3 aromatic heterocycles. The smallest absolute Gasteiger partial charge is 0.238 e. The maximum absolute atomic E-state index is 13.0. The highest BCUT2D eigenvalue weighted by atomic mass is 32.2. The highest BCUT2D eigenvalue weighted by Gasteiger charge is 2.26. The van der Waals surface area contributed by atoms with E-state index in [0.29, 0.717) is 17.5 Å². The fourth-order valence-electron chi connectivity index (χ4n) is 4.25. The van der Waals surface area contributed by atoms with Crippen molar-refractivity contribution in [3.63, 3.8) is 0 Å². The van der Waals surface area contributed by atoms with Crippen molar-refractivity contribution in [2.24, 2.45) is 0 Å². The van der Waals surface area contributed by atoms with Crippen molar-refractivity contribution in [2.75, 3.05) is 11.9 Å². The Bertz CT molecular complexity index is 1290. The van der Waals surface area contributed by atoms with Crippen molar-refractivity contribution in [3.8, 4) is 11.4 Å². The monoisotopic (exact) mass is 479 g/mol. The van der Waals surface area contributed by atoms with Gasteiger partial charge in [0.25, 0.3) is 0 Å². The number of fused-ring (bicyclic) bond motifs is 1. The zero-order valence-electron chi connectivity index (χ0n) is 19.6. The zero-order valence-corrected chi connectivity index (χ0v) is 20.4. The van der Waals surface area contributed by atoms with Gasteiger partial charge in [-0.15, -0.1) is 10.2 Å². The number of carbonyl (C=O) groups is 1. The summed E-state index contributed by atoms with van der Waals surface area (Å²) in [6.45, 7) is 7.37. The second-order valence-corrected chi connectivity index (χ2v) is 10.1. The van der Waals surface area contributed by atoms with Gasteiger partial charge in [-0.05, 0) is 39.7 Å². The summed E-state index contributed by atoms with van der Waals surface area (Å²) in [4.78, 5) is 16.3. The number of rotatable bonds is 8. The van der Waals surface area contributed by atoms with Gasteiger partial charge in [0.05, 0.1) is 24.1 Å². The second kappa shape index (κ2) is 9.63. The summed E-state index contributed by atoms with van der Waals surface area (Å²) in [6, 6.07) is 10.1. The van der Waals surface area contributed by atoms with Crippen molar-refractivity contribution in [3.05, 3.63) is 42.7 Å². The summed E-state index contributed by atoms with van der Waals surface area (Å²) in [6.07, 6.45) is 5.84. The molecule has 34 heavy (non-hydrogen) atoms. The number of ether oxygens (including phenoxy) is 1. The number of benzene rings is 1. The number of hydrogen-bond donors (Lipinski definition) is 2. The number of nitrogens with zero attached hydrogens (tertiary/aromatic N) is 5. The molecule has 1 fully saturated rings. The molecule has 9 nitrogen and oxygen atoms in total. The number of nitrogens with one attached hydrogen (secondary N) is 2. The van der Waals surface area contributed by atoms with Gasteiger partial charge < -0.3 is 15.0 Å². The molecule has 4 heterocycles. The van der Waals surface area contributed by atoms with Gasteiger partial charge in [0.1, 0.15) is 5.82 Å². The van der Waals surface area contributed by atoms with Crippen LogP contribution >= 0.6 is 11.8 Å². The van der Waals surface area contributed by atoms with Crippen molar-refractivity contribution < 1.29 is 9.53 Å². The minimum Gasteiger partial charge on any atom is -0.376 e. The first-order chi connectivity index (χ1) is 16.5. The van der Waals surface area contributed by atoms with Gasteiger partial charge in [-0.3, -0.25) is 9.36 Å². The molecule has 0 aliphatic carbocycles. The fraction of sp³-hybridized carbons (Fsp3) is 0.417. The van der Waals surface area contributed by atoms with Crippen molar-refractivity contribution in [1.82, 2.24) is 29.5 Å². The predicted molar refractivity (Wildman–Crippen MR) is 133 cm³/mol. The number of para-hydroxylation sites is 1. The van der Waals surface area contributed by atoms with E-state index in [-0.39, 0.29) is 23.3 Å². The minimum absolute atomic E-state index is 0.104. The molecular weight excluding hydrogens is 450 g/mol. The van der Waals surface area contributed by atoms with E-state index in [0.717, 1.165) is 41.7 Å². The van der Waals surface area contributed by atoms with Crippen molar-refractivity contribution >= 4 is 34.4 Å². The number of aromatic nitrogens is 6. The Morgan fingerprint density at radius 3 is 2.91 bits per heavy atom. The third-order valence-electron chi connectivity index (χ3n) is 6.02. The lowest BCUT2D eigenvalue weighted by molar-refractivity contribution is -0.115. The number of H-pyrrole nitrogens is 1. The summed E-state index contributed by atoms with van der Waals surface area (Å²) in [5.41, 5.74) is 2.04. The first-order valence-electron chi connectivity index (χ1n) is 11.6. The standard InChI is InChI=1S/C24H29N7O2S/c1-15(2)31-21(10-11-26-31)27-23(32)16(3)34-24-29-28-22(30(24)14-17-7-6-12-33-17)19-13-25-20-9-5-4-8-18(19)20/h4-5,8-11,13,15-17,25H,6-7,12,14H2,1-3H3,(H,27,32). The zero-order chi connectivity index (χ0) is 23.7. The quantitative estimate of drug-likeness (QED) is 0.361. The molecule has 5 rings (SSSR count). The van der Waals surface area contributed by atoms with Crippen LogP contribution in [0.15, 0.2) is 47.9 Å². The van der Waals surface area contributed by atoms with E-state index in [9.17, 15) is 4.79 Å². The van der Waals surface area contributed by atoms with E-state index in [1.807, 2.05) is 51.2 Å². The van der Waals surface area contributed by atoms with E-state index < -0.39 is 0 Å². The number of amides is 1. The SMILES string of the molecule is CC(Sc1nnc(-c2c[nH]c3ccccc23)n1CC1CCCO1)C(=O)Nc1ccnn1C(C)C. The van der Waals surface area contributed by atoms with E-state index in [1.54, 1.807) is 10.9 Å². The molecule has 2 N–H and O–H groups in total. The van der Waals surface area contributed by atoms with Gasteiger partial charge in [-0.25, -0.2) is 4.68 Å². The molecule has 0 saturated carbocycles. The Morgan fingerprint density at radius 2 is 2.12 bits per heavy atom. The number of carbonyl (C=O) groups excluding carboxylic acids is 1. The van der Waals surface area contributed by atoms with Crippen LogP contribution in [-0.2, 0) is 16.1 Å². The summed E-state index contributed by atoms with van der Waals surface area (Å²) in [5, 5.41) is 17.7. The van der Waals surface area contributed by atoms with Crippen LogP contribution in [-0.4, -0.2) is 53.4 Å². The molecule has 0 bridgehead atoms. The Labute approximate surface area is 202 Å².